The fourth-order valence-corrected chi connectivity index (χ4v) is 7.12. The molecule has 4 rings (SSSR count). The van der Waals surface area contributed by atoms with Crippen molar-refractivity contribution in [2.24, 2.45) is 5.92 Å². The number of hydrogen-bond acceptors (Lipinski definition) is 5. The van der Waals surface area contributed by atoms with Gasteiger partial charge in [0.15, 0.2) is 0 Å². The van der Waals surface area contributed by atoms with Gasteiger partial charge in [-0.15, -0.1) is 11.8 Å². The molecular formula is C28H30BrFN2O4S2. The van der Waals surface area contributed by atoms with E-state index in [0.29, 0.717) is 40.5 Å². The van der Waals surface area contributed by atoms with Crippen molar-refractivity contribution in [3.63, 3.8) is 0 Å². The molecule has 0 bridgehead atoms. The van der Waals surface area contributed by atoms with Gasteiger partial charge in [0.25, 0.3) is 5.91 Å². The number of halogens is 2. The molecule has 1 aliphatic heterocycles. The number of amides is 1. The van der Waals surface area contributed by atoms with Gasteiger partial charge in [-0.05, 0) is 102 Å². The highest BCUT2D eigenvalue weighted by Crippen LogP contribution is 2.31. The molecule has 0 aliphatic carbocycles. The first-order valence-corrected chi connectivity index (χ1v) is 15.7. The number of thioether (sulfide) groups is 1. The topological polar surface area (TPSA) is 66.9 Å². The van der Waals surface area contributed by atoms with E-state index in [1.165, 1.54) is 33.5 Å². The van der Waals surface area contributed by atoms with Crippen LogP contribution in [-0.4, -0.2) is 49.9 Å². The monoisotopic (exact) mass is 620 g/mol. The number of rotatable bonds is 8. The lowest BCUT2D eigenvalue weighted by atomic mass is 10.0. The normalized spacial score (nSPS) is 14.9. The van der Waals surface area contributed by atoms with Crippen LogP contribution in [0.2, 0.25) is 0 Å². The molecule has 1 saturated heterocycles. The molecule has 1 fully saturated rings. The zero-order chi connectivity index (χ0) is 27.4. The standard InChI is InChI=1S/C28H30BrFN2O4S2/c1-19-12-14-32(15-13-19)38(34,35)27-17-20(4-10-25(27)29)28(33)31(2)18-21-16-22(30)5-11-26(21)36-23-6-8-24(37-3)9-7-23/h4-11,16-17,19H,12-15,18H2,1-3H3. The Hall–Kier alpha value is -2.40. The quantitative estimate of drug-likeness (QED) is 0.259. The van der Waals surface area contributed by atoms with Gasteiger partial charge < -0.3 is 9.64 Å². The van der Waals surface area contributed by atoms with Gasteiger partial charge in [-0.2, -0.15) is 4.31 Å². The van der Waals surface area contributed by atoms with Crippen molar-refractivity contribution >= 4 is 43.6 Å². The van der Waals surface area contributed by atoms with Crippen LogP contribution < -0.4 is 4.74 Å². The predicted molar refractivity (Wildman–Crippen MR) is 152 cm³/mol. The predicted octanol–water partition coefficient (Wildman–Crippen LogP) is 6.80. The summed E-state index contributed by atoms with van der Waals surface area (Å²) in [7, 11) is -2.17. The Kier molecular flexibility index (Phi) is 9.18. The lowest BCUT2D eigenvalue weighted by Gasteiger charge is -2.29. The second kappa shape index (κ2) is 12.2. The van der Waals surface area contributed by atoms with E-state index in [1.54, 1.807) is 30.9 Å². The first-order chi connectivity index (χ1) is 18.1. The Labute approximate surface area is 236 Å². The van der Waals surface area contributed by atoms with Crippen LogP contribution in [0.25, 0.3) is 0 Å². The molecule has 0 unspecified atom stereocenters. The number of carbonyl (C=O) groups excluding carboxylic acids is 1. The smallest absolute Gasteiger partial charge is 0.253 e. The molecule has 1 aliphatic rings. The van der Waals surface area contributed by atoms with Crippen LogP contribution in [-0.2, 0) is 16.6 Å². The SMILES string of the molecule is CSc1ccc(Oc2ccc(F)cc2CN(C)C(=O)c2ccc(Br)c(S(=O)(=O)N3CCC(C)CC3)c2)cc1. The molecule has 3 aromatic carbocycles. The fraction of sp³-hybridized carbons (Fsp3) is 0.321. The molecule has 6 nitrogen and oxygen atoms in total. The largest absolute Gasteiger partial charge is 0.457 e. The first kappa shape index (κ1) is 28.6. The second-order valence-corrected chi connectivity index (χ2v) is 13.1. The molecule has 0 atom stereocenters. The van der Waals surface area contributed by atoms with E-state index in [2.05, 4.69) is 22.9 Å². The minimum atomic E-state index is -3.76. The maximum atomic E-state index is 14.2. The van der Waals surface area contributed by atoms with Crippen molar-refractivity contribution in [1.82, 2.24) is 9.21 Å². The van der Waals surface area contributed by atoms with E-state index in [4.69, 9.17) is 4.74 Å². The molecule has 1 heterocycles. The van der Waals surface area contributed by atoms with Crippen molar-refractivity contribution in [1.29, 1.82) is 0 Å². The summed E-state index contributed by atoms with van der Waals surface area (Å²) < 4.78 is 48.8. The summed E-state index contributed by atoms with van der Waals surface area (Å²) >= 11 is 4.97. The average molecular weight is 622 g/mol. The summed E-state index contributed by atoms with van der Waals surface area (Å²) in [5, 5.41) is 0. The van der Waals surface area contributed by atoms with Crippen LogP contribution >= 0.6 is 27.7 Å². The zero-order valence-electron chi connectivity index (χ0n) is 21.5. The third-order valence-electron chi connectivity index (χ3n) is 6.60. The van der Waals surface area contributed by atoms with Gasteiger partial charge in [0, 0.05) is 47.2 Å². The molecular weight excluding hydrogens is 591 g/mol. The summed E-state index contributed by atoms with van der Waals surface area (Å²) in [6.07, 6.45) is 3.59. The van der Waals surface area contributed by atoms with E-state index in [1.807, 2.05) is 30.5 Å². The van der Waals surface area contributed by atoms with Crippen LogP contribution in [0.5, 0.6) is 11.5 Å². The van der Waals surface area contributed by atoms with E-state index < -0.39 is 15.8 Å². The lowest BCUT2D eigenvalue weighted by Crippen LogP contribution is -2.38. The third-order valence-corrected chi connectivity index (χ3v) is 10.2. The summed E-state index contributed by atoms with van der Waals surface area (Å²) in [4.78, 5) is 15.9. The molecule has 0 spiro atoms. The number of nitrogens with zero attached hydrogens (tertiary/aromatic N) is 2. The molecule has 0 aromatic heterocycles. The van der Waals surface area contributed by atoms with E-state index in [0.717, 1.165) is 17.7 Å². The molecule has 10 heteroatoms. The Morgan fingerprint density at radius 1 is 1.11 bits per heavy atom. The minimum Gasteiger partial charge on any atom is -0.457 e. The summed E-state index contributed by atoms with van der Waals surface area (Å²) in [5.74, 6) is 0.679. The maximum absolute atomic E-state index is 14.2. The van der Waals surface area contributed by atoms with Gasteiger partial charge >= 0.3 is 0 Å². The number of carbonyl (C=O) groups is 1. The highest BCUT2D eigenvalue weighted by atomic mass is 79.9. The van der Waals surface area contributed by atoms with E-state index in [9.17, 15) is 17.6 Å². The van der Waals surface area contributed by atoms with Gasteiger partial charge in [-0.25, -0.2) is 12.8 Å². The lowest BCUT2D eigenvalue weighted by molar-refractivity contribution is 0.0784. The summed E-state index contributed by atoms with van der Waals surface area (Å²) in [6, 6.07) is 16.3. The van der Waals surface area contributed by atoms with Crippen molar-refractivity contribution in [2.75, 3.05) is 26.4 Å². The highest BCUT2D eigenvalue weighted by Gasteiger charge is 2.30. The number of benzene rings is 3. The van der Waals surface area contributed by atoms with Crippen LogP contribution in [0.4, 0.5) is 4.39 Å². The zero-order valence-corrected chi connectivity index (χ0v) is 24.7. The van der Waals surface area contributed by atoms with Gasteiger partial charge in [-0.3, -0.25) is 4.79 Å². The fourth-order valence-electron chi connectivity index (χ4n) is 4.29. The molecule has 3 aromatic rings. The van der Waals surface area contributed by atoms with Crippen molar-refractivity contribution in [3.8, 4) is 11.5 Å². The summed E-state index contributed by atoms with van der Waals surface area (Å²) in [6.45, 7) is 3.09. The first-order valence-electron chi connectivity index (χ1n) is 12.2. The van der Waals surface area contributed by atoms with Gasteiger partial charge in [0.2, 0.25) is 10.0 Å². The van der Waals surface area contributed by atoms with Gasteiger partial charge in [-0.1, -0.05) is 6.92 Å². The highest BCUT2D eigenvalue weighted by molar-refractivity contribution is 9.10. The molecule has 0 saturated carbocycles. The minimum absolute atomic E-state index is 0.0646. The van der Waals surface area contributed by atoms with Crippen LogP contribution in [0.1, 0.15) is 35.7 Å². The van der Waals surface area contributed by atoms with Crippen LogP contribution in [0, 0.1) is 11.7 Å². The van der Waals surface area contributed by atoms with Crippen molar-refractivity contribution < 1.29 is 22.3 Å². The summed E-state index contributed by atoms with van der Waals surface area (Å²) in [5.41, 5.74) is 0.716. The number of hydrogen-bond donors (Lipinski definition) is 0. The van der Waals surface area contributed by atoms with E-state index in [-0.39, 0.29) is 22.9 Å². The van der Waals surface area contributed by atoms with Gasteiger partial charge in [0.05, 0.1) is 4.90 Å². The molecule has 0 radical (unpaired) electrons. The van der Waals surface area contributed by atoms with E-state index >= 15 is 0 Å². The molecule has 202 valence electrons. The molecule has 38 heavy (non-hydrogen) atoms. The Balaban J connectivity index is 1.55. The number of ether oxygens (including phenoxy) is 1. The second-order valence-electron chi connectivity index (χ2n) is 9.42. The Morgan fingerprint density at radius 2 is 1.79 bits per heavy atom. The average Bonchev–Trinajstić information content (AvgIpc) is 2.90. The van der Waals surface area contributed by atoms with Crippen LogP contribution in [0.15, 0.2) is 74.9 Å². The molecule has 1 amide bonds. The Bertz CT molecular complexity index is 1410. The Morgan fingerprint density at radius 3 is 2.45 bits per heavy atom. The van der Waals surface area contributed by atoms with Crippen molar-refractivity contribution in [2.45, 2.75) is 36.1 Å². The number of piperidine rings is 1. The number of sulfonamides is 1. The van der Waals surface area contributed by atoms with Gasteiger partial charge in [0.1, 0.15) is 17.3 Å². The van der Waals surface area contributed by atoms with Crippen LogP contribution in [0.3, 0.4) is 0 Å². The molecule has 0 N–H and O–H groups in total. The third kappa shape index (κ3) is 6.59. The maximum Gasteiger partial charge on any atom is 0.253 e. The van der Waals surface area contributed by atoms with Crippen molar-refractivity contribution in [3.05, 3.63) is 82.1 Å².